The van der Waals surface area contributed by atoms with Gasteiger partial charge in [0.25, 0.3) is 0 Å². The smallest absolute Gasteiger partial charge is 0.309 e. The Morgan fingerprint density at radius 2 is 1.70 bits per heavy atom. The van der Waals surface area contributed by atoms with Crippen LogP contribution in [-0.2, 0) is 14.3 Å². The highest BCUT2D eigenvalue weighted by Gasteiger charge is 2.37. The summed E-state index contributed by atoms with van der Waals surface area (Å²) in [7, 11) is 3.02. The van der Waals surface area contributed by atoms with Gasteiger partial charge in [-0.3, -0.25) is 9.59 Å². The normalized spacial score (nSPS) is 19.0. The molecule has 0 unspecified atom stereocenters. The minimum Gasteiger partial charge on any atom is -0.493 e. The standard InChI is InChI=1S/C20H28O7/c1-20(2,3)27-19(22)13-8-15(9-13)25-6-7-26-16-11-18(24-5)17(23-4)10-14(16)12-21/h10-13,15H,6-9H2,1-5H3. The highest BCUT2D eigenvalue weighted by atomic mass is 16.6. The molecule has 1 aliphatic carbocycles. The molecular weight excluding hydrogens is 352 g/mol. The van der Waals surface area contributed by atoms with Gasteiger partial charge in [0.2, 0.25) is 0 Å². The molecule has 7 nitrogen and oxygen atoms in total. The Bertz CT molecular complexity index is 657. The SMILES string of the molecule is COc1cc(C=O)c(OCCOC2CC(C(=O)OC(C)(C)C)C2)cc1OC. The Hall–Kier alpha value is -2.28. The van der Waals surface area contributed by atoms with E-state index in [-0.39, 0.29) is 24.6 Å². The maximum absolute atomic E-state index is 11.9. The van der Waals surface area contributed by atoms with Crippen molar-refractivity contribution < 1.29 is 33.3 Å². The van der Waals surface area contributed by atoms with Gasteiger partial charge in [0.05, 0.1) is 38.4 Å². The predicted octanol–water partition coefficient (Wildman–Crippen LogP) is 3.03. The summed E-state index contributed by atoms with van der Waals surface area (Å²) >= 11 is 0. The fourth-order valence-corrected chi connectivity index (χ4v) is 2.74. The predicted molar refractivity (Wildman–Crippen MR) is 98.7 cm³/mol. The first kappa shape index (κ1) is 21.0. The van der Waals surface area contributed by atoms with Crippen LogP contribution in [0.5, 0.6) is 17.2 Å². The average Bonchev–Trinajstić information content (AvgIpc) is 2.57. The van der Waals surface area contributed by atoms with E-state index in [4.69, 9.17) is 23.7 Å². The summed E-state index contributed by atoms with van der Waals surface area (Å²) in [5.41, 5.74) is -0.0895. The lowest BCUT2D eigenvalue weighted by atomic mass is 9.82. The number of ether oxygens (including phenoxy) is 5. The molecule has 0 aromatic heterocycles. The van der Waals surface area contributed by atoms with Crippen molar-refractivity contribution in [1.29, 1.82) is 0 Å². The number of hydrogen-bond acceptors (Lipinski definition) is 7. The van der Waals surface area contributed by atoms with Gasteiger partial charge in [-0.15, -0.1) is 0 Å². The lowest BCUT2D eigenvalue weighted by Crippen LogP contribution is -2.40. The Morgan fingerprint density at radius 1 is 1.07 bits per heavy atom. The number of aldehydes is 1. The van der Waals surface area contributed by atoms with E-state index in [1.165, 1.54) is 14.2 Å². The van der Waals surface area contributed by atoms with Crippen molar-refractivity contribution in [3.63, 3.8) is 0 Å². The van der Waals surface area contributed by atoms with Crippen molar-refractivity contribution >= 4 is 12.3 Å². The van der Waals surface area contributed by atoms with Gasteiger partial charge in [-0.05, 0) is 39.7 Å². The van der Waals surface area contributed by atoms with Gasteiger partial charge in [0.1, 0.15) is 18.0 Å². The van der Waals surface area contributed by atoms with Crippen molar-refractivity contribution in [3.05, 3.63) is 17.7 Å². The van der Waals surface area contributed by atoms with E-state index in [1.54, 1.807) is 12.1 Å². The molecule has 1 saturated carbocycles. The second-order valence-electron chi connectivity index (χ2n) is 7.41. The number of rotatable bonds is 9. The molecule has 7 heteroatoms. The fourth-order valence-electron chi connectivity index (χ4n) is 2.74. The molecular formula is C20H28O7. The van der Waals surface area contributed by atoms with Crippen LogP contribution in [0.15, 0.2) is 12.1 Å². The van der Waals surface area contributed by atoms with Gasteiger partial charge in [-0.2, -0.15) is 0 Å². The second-order valence-corrected chi connectivity index (χ2v) is 7.41. The molecule has 150 valence electrons. The molecule has 0 heterocycles. The minimum absolute atomic E-state index is 0.0297. The van der Waals surface area contributed by atoms with Crippen LogP contribution < -0.4 is 14.2 Å². The van der Waals surface area contributed by atoms with Gasteiger partial charge < -0.3 is 23.7 Å². The van der Waals surface area contributed by atoms with Crippen LogP contribution >= 0.6 is 0 Å². The van der Waals surface area contributed by atoms with Crippen molar-refractivity contribution in [2.24, 2.45) is 5.92 Å². The van der Waals surface area contributed by atoms with E-state index < -0.39 is 5.60 Å². The third-order valence-electron chi connectivity index (χ3n) is 4.17. The molecule has 0 N–H and O–H groups in total. The monoisotopic (exact) mass is 380 g/mol. The van der Waals surface area contributed by atoms with Crippen LogP contribution in [-0.4, -0.2) is 51.4 Å². The molecule has 1 aromatic carbocycles. The lowest BCUT2D eigenvalue weighted by Gasteiger charge is -2.35. The Labute approximate surface area is 159 Å². The zero-order valence-electron chi connectivity index (χ0n) is 16.6. The van der Waals surface area contributed by atoms with Gasteiger partial charge >= 0.3 is 5.97 Å². The van der Waals surface area contributed by atoms with E-state index in [9.17, 15) is 9.59 Å². The molecule has 1 aliphatic rings. The van der Waals surface area contributed by atoms with Crippen molar-refractivity contribution in [2.75, 3.05) is 27.4 Å². The minimum atomic E-state index is -0.466. The fraction of sp³-hybridized carbons (Fsp3) is 0.600. The van der Waals surface area contributed by atoms with Crippen LogP contribution in [0.2, 0.25) is 0 Å². The molecule has 0 spiro atoms. The third-order valence-corrected chi connectivity index (χ3v) is 4.17. The largest absolute Gasteiger partial charge is 0.493 e. The zero-order chi connectivity index (χ0) is 20.0. The maximum Gasteiger partial charge on any atom is 0.309 e. The molecule has 1 fully saturated rings. The summed E-state index contributed by atoms with van der Waals surface area (Å²) in [6.45, 7) is 6.21. The number of benzene rings is 1. The van der Waals surface area contributed by atoms with Crippen molar-refractivity contribution in [2.45, 2.75) is 45.3 Å². The van der Waals surface area contributed by atoms with Gasteiger partial charge in [0.15, 0.2) is 17.8 Å². The highest BCUT2D eigenvalue weighted by molar-refractivity contribution is 5.81. The van der Waals surface area contributed by atoms with Gasteiger partial charge in [0, 0.05) is 6.07 Å². The summed E-state index contributed by atoms with van der Waals surface area (Å²) in [5.74, 6) is 1.10. The summed E-state index contributed by atoms with van der Waals surface area (Å²) in [6.07, 6.45) is 2.05. The summed E-state index contributed by atoms with van der Waals surface area (Å²) in [4.78, 5) is 23.2. The second kappa shape index (κ2) is 9.08. The molecule has 0 atom stereocenters. The molecule has 1 aromatic rings. The first-order chi connectivity index (χ1) is 12.8. The van der Waals surface area contributed by atoms with Crippen molar-refractivity contribution in [3.8, 4) is 17.2 Å². The van der Waals surface area contributed by atoms with Crippen molar-refractivity contribution in [1.82, 2.24) is 0 Å². The van der Waals surface area contributed by atoms with Crippen LogP contribution in [0.3, 0.4) is 0 Å². The topological polar surface area (TPSA) is 80.3 Å². The molecule has 0 saturated heterocycles. The van der Waals surface area contributed by atoms with E-state index in [2.05, 4.69) is 0 Å². The maximum atomic E-state index is 11.9. The van der Waals surface area contributed by atoms with E-state index in [1.807, 2.05) is 20.8 Å². The number of carbonyl (C=O) groups is 2. The van der Waals surface area contributed by atoms with Crippen LogP contribution in [0.25, 0.3) is 0 Å². The highest BCUT2D eigenvalue weighted by Crippen LogP contribution is 2.34. The van der Waals surface area contributed by atoms with E-state index >= 15 is 0 Å². The zero-order valence-corrected chi connectivity index (χ0v) is 16.6. The lowest BCUT2D eigenvalue weighted by molar-refractivity contribution is -0.169. The van der Waals surface area contributed by atoms with E-state index in [0.717, 1.165) is 0 Å². The first-order valence-corrected chi connectivity index (χ1v) is 8.96. The molecule has 0 amide bonds. The van der Waals surface area contributed by atoms with Crippen LogP contribution in [0.1, 0.15) is 44.0 Å². The Kier molecular flexibility index (Phi) is 7.07. The van der Waals surface area contributed by atoms with Crippen LogP contribution in [0.4, 0.5) is 0 Å². The Balaban J connectivity index is 1.75. The summed E-state index contributed by atoms with van der Waals surface area (Å²) in [6, 6.07) is 3.18. The Morgan fingerprint density at radius 3 is 2.26 bits per heavy atom. The average molecular weight is 380 g/mol. The molecule has 0 bridgehead atoms. The van der Waals surface area contributed by atoms with E-state index in [0.29, 0.717) is 48.5 Å². The molecule has 0 aliphatic heterocycles. The number of methoxy groups -OCH3 is 2. The number of hydrogen-bond donors (Lipinski definition) is 0. The number of carbonyl (C=O) groups excluding carboxylic acids is 2. The summed E-state index contributed by atoms with van der Waals surface area (Å²) < 4.78 is 27.1. The van der Waals surface area contributed by atoms with Crippen LogP contribution in [0, 0.1) is 5.92 Å². The molecule has 27 heavy (non-hydrogen) atoms. The molecule has 0 radical (unpaired) electrons. The summed E-state index contributed by atoms with van der Waals surface area (Å²) in [5, 5.41) is 0. The van der Waals surface area contributed by atoms with Gasteiger partial charge in [-0.25, -0.2) is 0 Å². The molecule has 2 rings (SSSR count). The quantitative estimate of drug-likeness (QED) is 0.370. The first-order valence-electron chi connectivity index (χ1n) is 8.96. The third kappa shape index (κ3) is 5.85. The van der Waals surface area contributed by atoms with Gasteiger partial charge in [-0.1, -0.05) is 0 Å². The number of esters is 1.